The SMILES string of the molecule is CN1CCN(S(=O)(=O)c2cccc(Nc3c(NC4c5ccoc5CCC4(C)C)c(=O)c3=O)c2O)CC1. The fourth-order valence-corrected chi connectivity index (χ4v) is 6.54. The number of aryl methyl sites for hydroxylation is 1. The molecule has 3 N–H and O–H groups in total. The highest BCUT2D eigenvalue weighted by atomic mass is 32.2. The number of aromatic hydroxyl groups is 1. The van der Waals surface area contributed by atoms with E-state index in [1.54, 1.807) is 6.26 Å². The number of anilines is 3. The predicted octanol–water partition coefficient (Wildman–Crippen LogP) is 2.39. The molecule has 1 saturated heterocycles. The number of para-hydroxylation sites is 1. The van der Waals surface area contributed by atoms with E-state index in [0.29, 0.717) is 26.2 Å². The van der Waals surface area contributed by atoms with Crippen LogP contribution < -0.4 is 21.5 Å². The van der Waals surface area contributed by atoms with Gasteiger partial charge in [0, 0.05) is 38.2 Å². The van der Waals surface area contributed by atoms with Crippen LogP contribution in [0.15, 0.2) is 49.4 Å². The Morgan fingerprint density at radius 1 is 1.06 bits per heavy atom. The van der Waals surface area contributed by atoms with E-state index < -0.39 is 26.6 Å². The second kappa shape index (κ2) is 8.75. The third kappa shape index (κ3) is 4.00. The van der Waals surface area contributed by atoms with Crippen LogP contribution in [0.5, 0.6) is 5.75 Å². The van der Waals surface area contributed by atoms with E-state index in [1.165, 1.54) is 22.5 Å². The summed E-state index contributed by atoms with van der Waals surface area (Å²) in [4.78, 5) is 26.8. The van der Waals surface area contributed by atoms with Gasteiger partial charge in [0.05, 0.1) is 18.0 Å². The zero-order chi connectivity index (χ0) is 25.8. The van der Waals surface area contributed by atoms with Gasteiger partial charge in [-0.05, 0) is 37.1 Å². The van der Waals surface area contributed by atoms with Gasteiger partial charge in [-0.2, -0.15) is 4.31 Å². The first kappa shape index (κ1) is 24.5. The van der Waals surface area contributed by atoms with Crippen LogP contribution in [0.2, 0.25) is 0 Å². The molecule has 0 bridgehead atoms. The van der Waals surface area contributed by atoms with Crippen LogP contribution >= 0.6 is 0 Å². The minimum atomic E-state index is -3.94. The minimum Gasteiger partial charge on any atom is -0.504 e. The van der Waals surface area contributed by atoms with E-state index in [9.17, 15) is 23.1 Å². The summed E-state index contributed by atoms with van der Waals surface area (Å²) in [7, 11) is -2.02. The normalized spacial score (nSPS) is 20.8. The molecule has 192 valence electrons. The van der Waals surface area contributed by atoms with Crippen LogP contribution in [0.3, 0.4) is 0 Å². The van der Waals surface area contributed by atoms with Crippen molar-refractivity contribution in [2.45, 2.75) is 37.6 Å². The van der Waals surface area contributed by atoms with Crippen molar-refractivity contribution in [2.75, 3.05) is 43.9 Å². The summed E-state index contributed by atoms with van der Waals surface area (Å²) in [5.74, 6) is 0.352. The molecule has 2 aromatic carbocycles. The number of phenols is 1. The number of sulfonamides is 1. The van der Waals surface area contributed by atoms with Gasteiger partial charge >= 0.3 is 0 Å². The molecule has 11 heteroatoms. The summed E-state index contributed by atoms with van der Waals surface area (Å²) in [6.45, 7) is 5.97. The topological polar surface area (TPSA) is 132 Å². The number of hydrogen-bond donors (Lipinski definition) is 3. The summed E-state index contributed by atoms with van der Waals surface area (Å²) in [5.41, 5.74) is -0.530. The van der Waals surface area contributed by atoms with Gasteiger partial charge in [0.2, 0.25) is 10.0 Å². The molecule has 0 radical (unpaired) electrons. The van der Waals surface area contributed by atoms with Crippen molar-refractivity contribution in [2.24, 2.45) is 5.41 Å². The average Bonchev–Trinajstić information content (AvgIpc) is 3.31. The molecular formula is C25H30N4O6S. The van der Waals surface area contributed by atoms with Crippen molar-refractivity contribution in [3.63, 3.8) is 0 Å². The number of benzene rings is 1. The van der Waals surface area contributed by atoms with Gasteiger partial charge in [-0.1, -0.05) is 19.9 Å². The molecule has 2 heterocycles. The predicted molar refractivity (Wildman–Crippen MR) is 136 cm³/mol. The molecule has 1 aromatic heterocycles. The number of piperazine rings is 1. The van der Waals surface area contributed by atoms with Crippen molar-refractivity contribution in [3.05, 3.63) is 62.3 Å². The number of nitrogens with one attached hydrogen (secondary N) is 2. The smallest absolute Gasteiger partial charge is 0.253 e. The molecule has 5 rings (SSSR count). The molecule has 3 aromatic rings. The van der Waals surface area contributed by atoms with E-state index >= 15 is 0 Å². The van der Waals surface area contributed by atoms with Crippen molar-refractivity contribution < 1.29 is 17.9 Å². The Hall–Kier alpha value is -3.15. The van der Waals surface area contributed by atoms with Gasteiger partial charge in [-0.15, -0.1) is 0 Å². The van der Waals surface area contributed by atoms with Gasteiger partial charge in [0.25, 0.3) is 10.9 Å². The Balaban J connectivity index is 1.44. The fraction of sp³-hybridized carbons (Fsp3) is 0.440. The monoisotopic (exact) mass is 514 g/mol. The van der Waals surface area contributed by atoms with Crippen molar-refractivity contribution in [1.82, 2.24) is 9.21 Å². The summed E-state index contributed by atoms with van der Waals surface area (Å²) in [6.07, 6.45) is 3.23. The number of likely N-dealkylation sites (N-methyl/N-ethyl adjacent to an activating group) is 1. The van der Waals surface area contributed by atoms with E-state index in [2.05, 4.69) is 24.5 Å². The Labute approximate surface area is 209 Å². The lowest BCUT2D eigenvalue weighted by Gasteiger charge is -2.39. The minimum absolute atomic E-state index is 0.00383. The Morgan fingerprint density at radius 3 is 2.47 bits per heavy atom. The van der Waals surface area contributed by atoms with Gasteiger partial charge < -0.3 is 25.1 Å². The zero-order valence-corrected chi connectivity index (χ0v) is 21.3. The second-order valence-corrected chi connectivity index (χ2v) is 12.2. The maximum absolute atomic E-state index is 13.2. The summed E-state index contributed by atoms with van der Waals surface area (Å²) in [6, 6.07) is 5.90. The lowest BCUT2D eigenvalue weighted by molar-refractivity contribution is 0.222. The molecule has 1 atom stereocenters. The van der Waals surface area contributed by atoms with Crippen molar-refractivity contribution in [3.8, 4) is 5.75 Å². The number of phenolic OH excluding ortho intramolecular Hbond substituents is 1. The average molecular weight is 515 g/mol. The molecule has 1 aliphatic heterocycles. The molecule has 0 spiro atoms. The van der Waals surface area contributed by atoms with E-state index in [0.717, 1.165) is 24.2 Å². The molecule has 1 aliphatic carbocycles. The lowest BCUT2D eigenvalue weighted by atomic mass is 9.72. The Kier molecular flexibility index (Phi) is 5.97. The fourth-order valence-electron chi connectivity index (χ4n) is 5.01. The van der Waals surface area contributed by atoms with Gasteiger partial charge in [-0.3, -0.25) is 9.59 Å². The Bertz CT molecular complexity index is 1480. The van der Waals surface area contributed by atoms with Crippen LogP contribution in [-0.4, -0.2) is 56.0 Å². The number of rotatable bonds is 6. The summed E-state index contributed by atoms with van der Waals surface area (Å²) in [5, 5.41) is 16.9. The van der Waals surface area contributed by atoms with Crippen LogP contribution in [0.4, 0.5) is 17.1 Å². The van der Waals surface area contributed by atoms with Crippen LogP contribution in [0, 0.1) is 5.41 Å². The zero-order valence-electron chi connectivity index (χ0n) is 20.5. The van der Waals surface area contributed by atoms with E-state index in [1.807, 2.05) is 18.0 Å². The molecule has 2 aliphatic rings. The Morgan fingerprint density at radius 2 is 1.75 bits per heavy atom. The lowest BCUT2D eigenvalue weighted by Crippen LogP contribution is -2.47. The highest BCUT2D eigenvalue weighted by Crippen LogP contribution is 2.46. The van der Waals surface area contributed by atoms with Crippen LogP contribution in [-0.2, 0) is 16.4 Å². The van der Waals surface area contributed by atoms with Crippen molar-refractivity contribution in [1.29, 1.82) is 0 Å². The summed E-state index contributed by atoms with van der Waals surface area (Å²) < 4.78 is 33.3. The largest absolute Gasteiger partial charge is 0.504 e. The van der Waals surface area contributed by atoms with E-state index in [4.69, 9.17) is 4.42 Å². The van der Waals surface area contributed by atoms with Crippen molar-refractivity contribution >= 4 is 27.1 Å². The third-order valence-corrected chi connectivity index (χ3v) is 9.34. The molecule has 1 fully saturated rings. The van der Waals surface area contributed by atoms with E-state index in [-0.39, 0.29) is 33.4 Å². The first-order valence-electron chi connectivity index (χ1n) is 11.9. The van der Waals surface area contributed by atoms with Crippen LogP contribution in [0.25, 0.3) is 0 Å². The number of furan rings is 1. The standard InChI is InChI=1S/C25H30N4O6S/c1-25(2)9-7-17-15(8-14-35-17)24(25)27-20-19(22(31)23(20)32)26-16-5-4-6-18(21(16)30)36(33,34)29-12-10-28(3)11-13-29/h4-6,8,14,24,26-27,30H,7,9-13H2,1-3H3. The maximum atomic E-state index is 13.2. The number of fused-ring (bicyclic) bond motifs is 1. The maximum Gasteiger partial charge on any atom is 0.253 e. The van der Waals surface area contributed by atoms with Gasteiger partial charge in [-0.25, -0.2) is 8.42 Å². The molecular weight excluding hydrogens is 484 g/mol. The molecule has 36 heavy (non-hydrogen) atoms. The first-order valence-corrected chi connectivity index (χ1v) is 13.4. The van der Waals surface area contributed by atoms with Gasteiger partial charge in [0.1, 0.15) is 22.0 Å². The van der Waals surface area contributed by atoms with Gasteiger partial charge in [0.15, 0.2) is 5.75 Å². The second-order valence-electron chi connectivity index (χ2n) is 10.3. The molecule has 10 nitrogen and oxygen atoms in total. The van der Waals surface area contributed by atoms with Crippen LogP contribution in [0.1, 0.15) is 37.6 Å². The first-order chi connectivity index (χ1) is 17.0. The third-order valence-electron chi connectivity index (χ3n) is 7.41. The summed E-state index contributed by atoms with van der Waals surface area (Å²) >= 11 is 0. The molecule has 0 amide bonds. The quantitative estimate of drug-likeness (QED) is 0.335. The molecule has 0 saturated carbocycles. The molecule has 1 unspecified atom stereocenters. The number of nitrogens with zero attached hydrogens (tertiary/aromatic N) is 2. The highest BCUT2D eigenvalue weighted by molar-refractivity contribution is 7.89. The highest BCUT2D eigenvalue weighted by Gasteiger charge is 2.39. The number of hydrogen-bond acceptors (Lipinski definition) is 9.